The van der Waals surface area contributed by atoms with E-state index in [-0.39, 0.29) is 32.7 Å². The molecular formula is C8H20O2Y. The van der Waals surface area contributed by atoms with Crippen molar-refractivity contribution in [3.05, 3.63) is 0 Å². The molecule has 0 spiro atoms. The summed E-state index contributed by atoms with van der Waals surface area (Å²) in [4.78, 5) is 0. The summed E-state index contributed by atoms with van der Waals surface area (Å²) in [6.07, 6.45) is 2.04. The summed E-state index contributed by atoms with van der Waals surface area (Å²) < 4.78 is 0. The minimum absolute atomic E-state index is 0. The van der Waals surface area contributed by atoms with Crippen LogP contribution in [0.3, 0.4) is 0 Å². The molecule has 0 fully saturated rings. The molecule has 0 amide bonds. The van der Waals surface area contributed by atoms with Crippen molar-refractivity contribution in [3.8, 4) is 0 Å². The zero-order chi connectivity index (χ0) is 8.62. The second-order valence-electron chi connectivity index (χ2n) is 3.25. The van der Waals surface area contributed by atoms with E-state index < -0.39 is 5.60 Å². The van der Waals surface area contributed by atoms with E-state index in [1.807, 2.05) is 0 Å². The topological polar surface area (TPSA) is 40.5 Å². The molecule has 2 N–H and O–H groups in total. The van der Waals surface area contributed by atoms with Gasteiger partial charge in [-0.2, -0.15) is 0 Å². The molecule has 0 aliphatic heterocycles. The fraction of sp³-hybridized carbons (Fsp3) is 1.00. The molecule has 0 aromatic heterocycles. The van der Waals surface area contributed by atoms with Crippen LogP contribution in [0.25, 0.3) is 0 Å². The maximum absolute atomic E-state index is 8.52. The van der Waals surface area contributed by atoms with Gasteiger partial charge in [-0.15, -0.1) is 0 Å². The molecule has 1 radical (unpaired) electrons. The minimum atomic E-state index is -0.500. The van der Waals surface area contributed by atoms with Gasteiger partial charge in [0, 0.05) is 39.3 Å². The van der Waals surface area contributed by atoms with Crippen LogP contribution in [-0.2, 0) is 32.7 Å². The molecule has 0 heterocycles. The van der Waals surface area contributed by atoms with Crippen LogP contribution in [0.5, 0.6) is 0 Å². The van der Waals surface area contributed by atoms with E-state index in [0.29, 0.717) is 6.61 Å². The number of hydrogen-bond donors (Lipinski definition) is 2. The van der Waals surface area contributed by atoms with Crippen molar-refractivity contribution in [2.45, 2.75) is 46.1 Å². The standard InChI is InChI=1S/2C4H10O.Y/c1-4(2,3)5;1-2-3-4-5;/h5H,1-3H3;5H,2-4H2,1H3;. The third kappa shape index (κ3) is 98.2. The molecule has 0 atom stereocenters. The Morgan fingerprint density at radius 3 is 1.45 bits per heavy atom. The Morgan fingerprint density at radius 1 is 1.18 bits per heavy atom. The third-order valence-corrected chi connectivity index (χ3v) is 0.512. The van der Waals surface area contributed by atoms with Crippen molar-refractivity contribution in [1.82, 2.24) is 0 Å². The second kappa shape index (κ2) is 11.0. The zero-order valence-electron chi connectivity index (χ0n) is 8.09. The van der Waals surface area contributed by atoms with Crippen LogP contribution in [0, 0.1) is 0 Å². The molecule has 0 unspecified atom stereocenters. The summed E-state index contributed by atoms with van der Waals surface area (Å²) >= 11 is 0. The first-order valence-corrected chi connectivity index (χ1v) is 3.75. The number of rotatable bonds is 2. The van der Waals surface area contributed by atoms with Gasteiger partial charge in [0.2, 0.25) is 0 Å². The Hall–Kier alpha value is 1.02. The SMILES string of the molecule is CC(C)(C)O.CCCCO.[Y]. The van der Waals surface area contributed by atoms with Gasteiger partial charge in [-0.3, -0.25) is 0 Å². The first-order valence-electron chi connectivity index (χ1n) is 3.75. The normalized spacial score (nSPS) is 9.27. The molecule has 11 heavy (non-hydrogen) atoms. The maximum atomic E-state index is 8.52. The Kier molecular flexibility index (Phi) is 18.0. The van der Waals surface area contributed by atoms with E-state index in [9.17, 15) is 0 Å². The van der Waals surface area contributed by atoms with E-state index in [0.717, 1.165) is 12.8 Å². The summed E-state index contributed by atoms with van der Waals surface area (Å²) in [5.74, 6) is 0. The molecule has 67 valence electrons. The van der Waals surface area contributed by atoms with Crippen LogP contribution in [0.1, 0.15) is 40.5 Å². The summed E-state index contributed by atoms with van der Waals surface area (Å²) in [5.41, 5.74) is -0.500. The predicted octanol–water partition coefficient (Wildman–Crippen LogP) is 1.55. The van der Waals surface area contributed by atoms with Gasteiger partial charge in [-0.25, -0.2) is 0 Å². The van der Waals surface area contributed by atoms with Gasteiger partial charge in [0.1, 0.15) is 0 Å². The summed E-state index contributed by atoms with van der Waals surface area (Å²) in [5, 5.41) is 16.6. The van der Waals surface area contributed by atoms with Crippen molar-refractivity contribution in [1.29, 1.82) is 0 Å². The Morgan fingerprint density at radius 2 is 1.45 bits per heavy atom. The van der Waals surface area contributed by atoms with Crippen LogP contribution in [0.2, 0.25) is 0 Å². The largest absolute Gasteiger partial charge is 0.396 e. The molecular weight excluding hydrogens is 217 g/mol. The molecule has 2 nitrogen and oxygen atoms in total. The Bertz CT molecular complexity index is 51.6. The average Bonchev–Trinajstić information content (AvgIpc) is 1.63. The predicted molar refractivity (Wildman–Crippen MR) is 44.0 cm³/mol. The minimum Gasteiger partial charge on any atom is -0.396 e. The second-order valence-corrected chi connectivity index (χ2v) is 3.25. The fourth-order valence-electron chi connectivity index (χ4n) is 0.158. The Balaban J connectivity index is -0.000000107. The molecule has 0 aromatic carbocycles. The zero-order valence-corrected chi connectivity index (χ0v) is 10.9. The van der Waals surface area contributed by atoms with Crippen molar-refractivity contribution in [2.24, 2.45) is 0 Å². The monoisotopic (exact) mass is 237 g/mol. The molecule has 0 saturated carbocycles. The smallest absolute Gasteiger partial charge is 0.0563 e. The van der Waals surface area contributed by atoms with Crippen molar-refractivity contribution in [3.63, 3.8) is 0 Å². The summed E-state index contributed by atoms with van der Waals surface area (Å²) in [7, 11) is 0. The van der Waals surface area contributed by atoms with Gasteiger partial charge in [0.15, 0.2) is 0 Å². The van der Waals surface area contributed by atoms with E-state index in [1.165, 1.54) is 0 Å². The first kappa shape index (κ1) is 17.9. The van der Waals surface area contributed by atoms with E-state index in [1.54, 1.807) is 20.8 Å². The van der Waals surface area contributed by atoms with Crippen LogP contribution in [0.15, 0.2) is 0 Å². The summed E-state index contributed by atoms with van der Waals surface area (Å²) in [6.45, 7) is 7.62. The average molecular weight is 237 g/mol. The fourth-order valence-corrected chi connectivity index (χ4v) is 0.158. The number of aliphatic hydroxyl groups is 2. The van der Waals surface area contributed by atoms with Crippen molar-refractivity contribution >= 4 is 0 Å². The van der Waals surface area contributed by atoms with E-state index >= 15 is 0 Å². The van der Waals surface area contributed by atoms with Gasteiger partial charge in [0.25, 0.3) is 0 Å². The molecule has 0 bridgehead atoms. The van der Waals surface area contributed by atoms with Crippen LogP contribution in [-0.4, -0.2) is 22.4 Å². The molecule has 3 heteroatoms. The van der Waals surface area contributed by atoms with Gasteiger partial charge in [-0.1, -0.05) is 13.3 Å². The Labute approximate surface area is 95.3 Å². The van der Waals surface area contributed by atoms with Crippen LogP contribution >= 0.6 is 0 Å². The number of aliphatic hydroxyl groups excluding tert-OH is 1. The quantitative estimate of drug-likeness (QED) is 0.765. The molecule has 0 aliphatic carbocycles. The first-order chi connectivity index (χ1) is 4.41. The van der Waals surface area contributed by atoms with Crippen molar-refractivity contribution in [2.75, 3.05) is 6.61 Å². The van der Waals surface area contributed by atoms with Crippen LogP contribution < -0.4 is 0 Å². The third-order valence-electron chi connectivity index (χ3n) is 0.512. The van der Waals surface area contributed by atoms with Crippen molar-refractivity contribution < 1.29 is 42.9 Å². The van der Waals surface area contributed by atoms with Crippen LogP contribution in [0.4, 0.5) is 0 Å². The molecule has 0 saturated heterocycles. The van der Waals surface area contributed by atoms with Gasteiger partial charge >= 0.3 is 0 Å². The summed E-state index contributed by atoms with van der Waals surface area (Å²) in [6, 6.07) is 0. The molecule has 0 aliphatic rings. The molecule has 0 aromatic rings. The maximum Gasteiger partial charge on any atom is 0.0563 e. The number of unbranched alkanes of at least 4 members (excludes halogenated alkanes) is 1. The molecule has 0 rings (SSSR count). The van der Waals surface area contributed by atoms with E-state index in [2.05, 4.69) is 6.92 Å². The van der Waals surface area contributed by atoms with E-state index in [4.69, 9.17) is 10.2 Å². The number of hydrogen-bond acceptors (Lipinski definition) is 2. The van der Waals surface area contributed by atoms with Gasteiger partial charge < -0.3 is 10.2 Å². The van der Waals surface area contributed by atoms with Gasteiger partial charge in [0.05, 0.1) is 5.60 Å². The van der Waals surface area contributed by atoms with Gasteiger partial charge in [-0.05, 0) is 27.2 Å².